The van der Waals surface area contributed by atoms with Crippen LogP contribution in [0.2, 0.25) is 0 Å². The molecule has 1 aromatic rings. The fraction of sp³-hybridized carbons (Fsp3) is 0.769. The van der Waals surface area contributed by atoms with Crippen molar-refractivity contribution in [2.24, 2.45) is 5.92 Å². The van der Waals surface area contributed by atoms with Gasteiger partial charge in [-0.3, -0.25) is 0 Å². The molecule has 98 valence electrons. The van der Waals surface area contributed by atoms with Crippen LogP contribution in [0.1, 0.15) is 38.1 Å². The first-order valence-electron chi connectivity index (χ1n) is 6.36. The maximum absolute atomic E-state index is 5.51. The molecule has 4 nitrogen and oxygen atoms in total. The van der Waals surface area contributed by atoms with Crippen LogP contribution in [0.4, 0.5) is 0 Å². The first kappa shape index (κ1) is 14.2. The molecule has 1 aromatic heterocycles. The van der Waals surface area contributed by atoms with Crippen LogP contribution in [0.5, 0.6) is 0 Å². The van der Waals surface area contributed by atoms with Crippen molar-refractivity contribution in [2.45, 2.75) is 47.2 Å². The SMILES string of the molecule is Cc1nc(C)c(CNC(C)CNCC(C)C)o1. The molecule has 2 N–H and O–H groups in total. The molecule has 0 bridgehead atoms. The Hall–Kier alpha value is -0.870. The zero-order valence-electron chi connectivity index (χ0n) is 11.6. The maximum atomic E-state index is 5.51. The highest BCUT2D eigenvalue weighted by Crippen LogP contribution is 2.08. The van der Waals surface area contributed by atoms with E-state index in [9.17, 15) is 0 Å². The molecule has 0 fully saturated rings. The lowest BCUT2D eigenvalue weighted by Gasteiger charge is -2.15. The highest BCUT2D eigenvalue weighted by atomic mass is 16.4. The predicted molar refractivity (Wildman–Crippen MR) is 70.0 cm³/mol. The number of aromatic nitrogens is 1. The van der Waals surface area contributed by atoms with E-state index >= 15 is 0 Å². The van der Waals surface area contributed by atoms with Crippen molar-refractivity contribution in [3.63, 3.8) is 0 Å². The van der Waals surface area contributed by atoms with E-state index in [4.69, 9.17) is 4.42 Å². The van der Waals surface area contributed by atoms with Crippen molar-refractivity contribution in [2.75, 3.05) is 13.1 Å². The fourth-order valence-corrected chi connectivity index (χ4v) is 1.67. The minimum atomic E-state index is 0.429. The van der Waals surface area contributed by atoms with Crippen LogP contribution < -0.4 is 10.6 Å². The molecule has 0 spiro atoms. The van der Waals surface area contributed by atoms with Crippen LogP contribution in [0.3, 0.4) is 0 Å². The highest BCUT2D eigenvalue weighted by molar-refractivity contribution is 5.07. The van der Waals surface area contributed by atoms with Crippen molar-refractivity contribution >= 4 is 0 Å². The summed E-state index contributed by atoms with van der Waals surface area (Å²) in [7, 11) is 0. The second-order valence-electron chi connectivity index (χ2n) is 5.08. The van der Waals surface area contributed by atoms with Gasteiger partial charge in [0.05, 0.1) is 12.2 Å². The van der Waals surface area contributed by atoms with Gasteiger partial charge in [-0.25, -0.2) is 4.98 Å². The lowest BCUT2D eigenvalue weighted by molar-refractivity contribution is 0.420. The summed E-state index contributed by atoms with van der Waals surface area (Å²) in [6, 6.07) is 0.429. The maximum Gasteiger partial charge on any atom is 0.191 e. The number of hydrogen-bond donors (Lipinski definition) is 2. The van der Waals surface area contributed by atoms with Gasteiger partial charge in [-0.05, 0) is 26.3 Å². The average molecular weight is 239 g/mol. The molecule has 0 saturated carbocycles. The Kier molecular flexibility index (Phi) is 5.65. The lowest BCUT2D eigenvalue weighted by Crippen LogP contribution is -2.37. The van der Waals surface area contributed by atoms with Crippen LogP contribution >= 0.6 is 0 Å². The van der Waals surface area contributed by atoms with Crippen molar-refractivity contribution in [3.8, 4) is 0 Å². The standard InChI is InChI=1S/C13H25N3O/c1-9(2)6-14-7-10(3)15-8-13-11(4)16-12(5)17-13/h9-10,14-15H,6-8H2,1-5H3. The Balaban J connectivity index is 2.23. The van der Waals surface area contributed by atoms with E-state index in [-0.39, 0.29) is 0 Å². The molecule has 4 heteroatoms. The minimum absolute atomic E-state index is 0.429. The summed E-state index contributed by atoms with van der Waals surface area (Å²) in [5.74, 6) is 2.38. The first-order chi connectivity index (χ1) is 7.99. The third-order valence-electron chi connectivity index (χ3n) is 2.61. The Morgan fingerprint density at radius 1 is 1.18 bits per heavy atom. The number of oxazole rings is 1. The summed E-state index contributed by atoms with van der Waals surface area (Å²) in [5, 5.41) is 6.86. The van der Waals surface area contributed by atoms with Crippen LogP contribution in [0.25, 0.3) is 0 Å². The second-order valence-corrected chi connectivity index (χ2v) is 5.08. The van der Waals surface area contributed by atoms with Crippen molar-refractivity contribution in [1.29, 1.82) is 0 Å². The van der Waals surface area contributed by atoms with E-state index < -0.39 is 0 Å². The topological polar surface area (TPSA) is 50.1 Å². The average Bonchev–Trinajstić information content (AvgIpc) is 2.54. The van der Waals surface area contributed by atoms with Gasteiger partial charge in [-0.2, -0.15) is 0 Å². The van der Waals surface area contributed by atoms with E-state index in [0.29, 0.717) is 12.0 Å². The number of nitrogens with one attached hydrogen (secondary N) is 2. The molecule has 0 aliphatic carbocycles. The van der Waals surface area contributed by atoms with Crippen LogP contribution in [-0.2, 0) is 6.54 Å². The third kappa shape index (κ3) is 5.33. The Morgan fingerprint density at radius 2 is 1.88 bits per heavy atom. The predicted octanol–water partition coefficient (Wildman–Crippen LogP) is 2.02. The zero-order chi connectivity index (χ0) is 12.8. The van der Waals surface area contributed by atoms with E-state index in [1.807, 2.05) is 13.8 Å². The smallest absolute Gasteiger partial charge is 0.191 e. The third-order valence-corrected chi connectivity index (χ3v) is 2.61. The Morgan fingerprint density at radius 3 is 2.41 bits per heavy atom. The summed E-state index contributed by atoms with van der Waals surface area (Å²) < 4.78 is 5.51. The Bertz CT molecular complexity index is 333. The summed E-state index contributed by atoms with van der Waals surface area (Å²) in [5.41, 5.74) is 0.984. The van der Waals surface area contributed by atoms with Gasteiger partial charge in [0.1, 0.15) is 5.76 Å². The number of nitrogens with zero attached hydrogens (tertiary/aromatic N) is 1. The van der Waals surface area contributed by atoms with Gasteiger partial charge in [-0.15, -0.1) is 0 Å². The molecular formula is C13H25N3O. The summed E-state index contributed by atoms with van der Waals surface area (Å²) >= 11 is 0. The van der Waals surface area contributed by atoms with Gasteiger partial charge >= 0.3 is 0 Å². The summed E-state index contributed by atoms with van der Waals surface area (Å²) in [6.45, 7) is 13.2. The summed E-state index contributed by atoms with van der Waals surface area (Å²) in [4.78, 5) is 4.25. The second kappa shape index (κ2) is 6.77. The van der Waals surface area contributed by atoms with E-state index in [2.05, 4.69) is 36.4 Å². The van der Waals surface area contributed by atoms with Crippen molar-refractivity contribution in [1.82, 2.24) is 15.6 Å². The number of rotatable bonds is 7. The lowest BCUT2D eigenvalue weighted by atomic mass is 10.2. The molecule has 0 saturated heterocycles. The molecule has 17 heavy (non-hydrogen) atoms. The molecule has 1 rings (SSSR count). The zero-order valence-corrected chi connectivity index (χ0v) is 11.6. The molecule has 0 amide bonds. The minimum Gasteiger partial charge on any atom is -0.444 e. The molecule has 1 heterocycles. The normalized spacial score (nSPS) is 13.3. The van der Waals surface area contributed by atoms with E-state index in [1.165, 1.54) is 0 Å². The highest BCUT2D eigenvalue weighted by Gasteiger charge is 2.08. The first-order valence-corrected chi connectivity index (χ1v) is 6.36. The molecule has 1 unspecified atom stereocenters. The van der Waals surface area contributed by atoms with E-state index in [1.54, 1.807) is 0 Å². The molecule has 0 aliphatic rings. The van der Waals surface area contributed by atoms with E-state index in [0.717, 1.165) is 37.0 Å². The molecule has 1 atom stereocenters. The molecule has 0 aromatic carbocycles. The van der Waals surface area contributed by atoms with Crippen molar-refractivity contribution in [3.05, 3.63) is 17.3 Å². The molecular weight excluding hydrogens is 214 g/mol. The van der Waals surface area contributed by atoms with Crippen LogP contribution in [0, 0.1) is 19.8 Å². The van der Waals surface area contributed by atoms with Gasteiger partial charge in [0.2, 0.25) is 0 Å². The number of aryl methyl sites for hydroxylation is 2. The van der Waals surface area contributed by atoms with Crippen LogP contribution in [0.15, 0.2) is 4.42 Å². The fourth-order valence-electron chi connectivity index (χ4n) is 1.67. The monoisotopic (exact) mass is 239 g/mol. The largest absolute Gasteiger partial charge is 0.444 e. The van der Waals surface area contributed by atoms with Crippen LogP contribution in [-0.4, -0.2) is 24.1 Å². The molecule has 0 aliphatic heterocycles. The number of hydrogen-bond acceptors (Lipinski definition) is 4. The quantitative estimate of drug-likeness (QED) is 0.764. The van der Waals surface area contributed by atoms with Gasteiger partial charge in [0, 0.05) is 19.5 Å². The van der Waals surface area contributed by atoms with Crippen molar-refractivity contribution < 1.29 is 4.42 Å². The molecule has 0 radical (unpaired) electrons. The summed E-state index contributed by atoms with van der Waals surface area (Å²) in [6.07, 6.45) is 0. The van der Waals surface area contributed by atoms with Gasteiger partial charge in [0.25, 0.3) is 0 Å². The Labute approximate surface area is 104 Å². The van der Waals surface area contributed by atoms with Gasteiger partial charge in [-0.1, -0.05) is 13.8 Å². The van der Waals surface area contributed by atoms with Gasteiger partial charge < -0.3 is 15.1 Å². The van der Waals surface area contributed by atoms with Gasteiger partial charge in [0.15, 0.2) is 5.89 Å².